The molecule has 2 saturated heterocycles. The summed E-state index contributed by atoms with van der Waals surface area (Å²) in [4.78, 5) is 26.5. The zero-order valence-electron chi connectivity index (χ0n) is 48.3. The minimum atomic E-state index is -2.35. The van der Waals surface area contributed by atoms with Crippen molar-refractivity contribution in [1.82, 2.24) is 39.0 Å². The molecular weight excluding hydrogens is 1100 g/mol. The SMILES string of the molecule is CC(C)(C)[Si](C)(C)OC[C@H]1O[C@@H](n2cnc3c(N)nc(OCCc4ccc(Cl)cc4)nc32)[C@H](O[Si](C)(C)C(C)(C)C)[C@@H]1O[Si](C)(C)C(C)(C)C.Nc1nc(OCCc2ccc(Cl)cc2)nc2c1ncn2[C@@H]1O[C@H](CO)[C@@H](O)[C@H]1O. The van der Waals surface area contributed by atoms with Gasteiger partial charge in [0, 0.05) is 22.9 Å². The van der Waals surface area contributed by atoms with Crippen LogP contribution in [0.2, 0.25) is 64.4 Å². The second-order valence-corrected chi connectivity index (χ2v) is 40.1. The average Bonchev–Trinajstić information content (AvgIpc) is 4.35. The van der Waals surface area contributed by atoms with Crippen molar-refractivity contribution in [2.75, 3.05) is 37.9 Å². The molecule has 6 aromatic rings. The Bertz CT molecular complexity index is 3010. The molecule has 2 aliphatic rings. The van der Waals surface area contributed by atoms with E-state index in [4.69, 9.17) is 71.9 Å². The number of rotatable bonds is 18. The standard InChI is InChI=1S/C36H62ClN5O5Si3.C18H20ClN5O5/c1-34(2,3)48(10,11)44-22-26-28(46-49(12,13)35(4,5)6)29(47-50(14,15)36(7,8)9)32(45-26)42-23-39-27-30(38)40-33(41-31(27)42)43-21-20-24-16-18-25(37)19-17-24;19-10-3-1-9(2-4-10)5-6-28-18-22-15(20)12-16(23-18)24(8-21-12)17-14(27)13(26)11(7-25)29-17/h16-19,23,26,28-29,32H,20-22H2,1-15H3,(H2,38,40,41);1-4,8,11,13-14,17,25-27H,5-7H2,(H2,20,22,23)/t26-,28-,29-,32-;11-,13-,14-,17-/m11/s1. The van der Waals surface area contributed by atoms with Crippen molar-refractivity contribution in [3.05, 3.63) is 82.4 Å². The highest BCUT2D eigenvalue weighted by molar-refractivity contribution is 6.75. The van der Waals surface area contributed by atoms with Gasteiger partial charge in [0.1, 0.15) is 36.6 Å². The monoisotopic (exact) mass is 1180 g/mol. The van der Waals surface area contributed by atoms with E-state index in [1.54, 1.807) is 18.5 Å². The third kappa shape index (κ3) is 14.3. The zero-order valence-corrected chi connectivity index (χ0v) is 52.8. The number of aliphatic hydroxyl groups is 3. The average molecular weight is 1190 g/mol. The fourth-order valence-electron chi connectivity index (χ4n) is 8.14. The zero-order chi connectivity index (χ0) is 58.2. The van der Waals surface area contributed by atoms with Crippen LogP contribution < -0.4 is 20.9 Å². The number of hydrogen-bond acceptors (Lipinski definition) is 18. The Kier molecular flexibility index (Phi) is 19.1. The van der Waals surface area contributed by atoms with Crippen molar-refractivity contribution in [1.29, 1.82) is 0 Å². The molecule has 0 aliphatic carbocycles. The first kappa shape index (κ1) is 62.3. The Morgan fingerprint density at radius 2 is 0.975 bits per heavy atom. The first-order valence-corrected chi connectivity index (χ1v) is 36.2. The van der Waals surface area contributed by atoms with Crippen LogP contribution in [0.3, 0.4) is 0 Å². The number of nitrogens with two attached hydrogens (primary N) is 2. The molecule has 25 heteroatoms. The van der Waals surface area contributed by atoms with E-state index in [0.717, 1.165) is 11.1 Å². The van der Waals surface area contributed by atoms with Crippen LogP contribution in [0.1, 0.15) is 85.9 Å². The fraction of sp³-hybridized carbons (Fsp3) is 0.593. The van der Waals surface area contributed by atoms with Crippen molar-refractivity contribution >= 4 is 82.1 Å². The van der Waals surface area contributed by atoms with Gasteiger partial charge in [0.25, 0.3) is 0 Å². The molecule has 0 saturated carbocycles. The summed E-state index contributed by atoms with van der Waals surface area (Å²) in [5.41, 5.74) is 16.2. The lowest BCUT2D eigenvalue weighted by atomic mass is 10.1. The number of fused-ring (bicyclic) bond motifs is 2. The van der Waals surface area contributed by atoms with Gasteiger partial charge in [-0.1, -0.05) is 110 Å². The molecule has 8 atom stereocenters. The number of anilines is 2. The first-order valence-electron chi connectivity index (χ1n) is 26.7. The minimum absolute atomic E-state index is 0.0287. The summed E-state index contributed by atoms with van der Waals surface area (Å²) in [5, 5.41) is 30.9. The van der Waals surface area contributed by atoms with Crippen LogP contribution in [0, 0.1) is 0 Å². The number of nitrogen functional groups attached to an aromatic ring is 2. The van der Waals surface area contributed by atoms with Crippen LogP contribution in [0.4, 0.5) is 11.6 Å². The van der Waals surface area contributed by atoms with E-state index >= 15 is 0 Å². The predicted molar refractivity (Wildman–Crippen MR) is 315 cm³/mol. The van der Waals surface area contributed by atoms with Gasteiger partial charge in [-0.2, -0.15) is 19.9 Å². The van der Waals surface area contributed by atoms with Crippen molar-refractivity contribution in [2.45, 2.75) is 179 Å². The summed E-state index contributed by atoms with van der Waals surface area (Å²) >= 11 is 11.9. The van der Waals surface area contributed by atoms with Crippen LogP contribution >= 0.6 is 23.2 Å². The minimum Gasteiger partial charge on any atom is -0.463 e. The maximum atomic E-state index is 10.3. The summed E-state index contributed by atoms with van der Waals surface area (Å²) in [5.74, 6) is 0.351. The Hall–Kier alpha value is -4.35. The van der Waals surface area contributed by atoms with E-state index in [2.05, 4.69) is 127 Å². The lowest BCUT2D eigenvalue weighted by Crippen LogP contribution is -2.54. The maximum Gasteiger partial charge on any atom is 0.320 e. The van der Waals surface area contributed by atoms with Gasteiger partial charge in [-0.3, -0.25) is 9.13 Å². The lowest BCUT2D eigenvalue weighted by Gasteiger charge is -2.44. The van der Waals surface area contributed by atoms with Gasteiger partial charge in [0.15, 0.2) is 71.4 Å². The highest BCUT2D eigenvalue weighted by Gasteiger charge is 2.55. The number of aromatic nitrogens is 8. The van der Waals surface area contributed by atoms with Gasteiger partial charge in [-0.25, -0.2) is 9.97 Å². The second-order valence-electron chi connectivity index (χ2n) is 24.9. The van der Waals surface area contributed by atoms with Gasteiger partial charge in [-0.05, 0) is 89.8 Å². The number of aliphatic hydroxyl groups excluding tert-OH is 3. The molecule has 8 rings (SSSR count). The van der Waals surface area contributed by atoms with Crippen LogP contribution in [-0.4, -0.2) is 142 Å². The number of imidazole rings is 2. The molecule has 0 bridgehead atoms. The fourth-order valence-corrected chi connectivity index (χ4v) is 12.0. The van der Waals surface area contributed by atoms with Crippen LogP contribution in [-0.2, 0) is 35.6 Å². The van der Waals surface area contributed by atoms with E-state index in [1.165, 1.54) is 10.9 Å². The lowest BCUT2D eigenvalue weighted by molar-refractivity contribution is -0.0511. The molecule has 0 amide bonds. The van der Waals surface area contributed by atoms with Crippen LogP contribution in [0.5, 0.6) is 12.0 Å². The van der Waals surface area contributed by atoms with Crippen LogP contribution in [0.15, 0.2) is 61.2 Å². The molecule has 0 radical (unpaired) electrons. The molecule has 2 fully saturated rings. The summed E-state index contributed by atoms with van der Waals surface area (Å²) in [7, 11) is -6.77. The third-order valence-corrected chi connectivity index (χ3v) is 30.1. The molecule has 79 heavy (non-hydrogen) atoms. The second kappa shape index (κ2) is 24.2. The number of benzene rings is 2. The summed E-state index contributed by atoms with van der Waals surface area (Å²) in [6, 6.07) is 15.3. The number of halogens is 2. The molecule has 20 nitrogen and oxygen atoms in total. The molecule has 2 aromatic carbocycles. The topological polar surface area (TPSA) is 265 Å². The smallest absolute Gasteiger partial charge is 0.320 e. The van der Waals surface area contributed by atoms with Crippen molar-refractivity contribution in [2.24, 2.45) is 0 Å². The number of nitrogens with zero attached hydrogens (tertiary/aromatic N) is 8. The molecule has 434 valence electrons. The van der Waals surface area contributed by atoms with Crippen molar-refractivity contribution < 1.29 is 47.5 Å². The Morgan fingerprint density at radius 1 is 0.570 bits per heavy atom. The van der Waals surface area contributed by atoms with E-state index < -0.39 is 68.4 Å². The van der Waals surface area contributed by atoms with Crippen LogP contribution in [0.25, 0.3) is 22.3 Å². The highest BCUT2D eigenvalue weighted by Crippen LogP contribution is 2.47. The predicted octanol–water partition coefficient (Wildman–Crippen LogP) is 9.68. The summed E-state index contributed by atoms with van der Waals surface area (Å²) < 4.78 is 49.1. The van der Waals surface area contributed by atoms with Gasteiger partial charge < -0.3 is 59.0 Å². The Labute approximate surface area is 477 Å². The molecule has 2 aliphatic heterocycles. The van der Waals surface area contributed by atoms with Gasteiger partial charge in [0.2, 0.25) is 0 Å². The number of ether oxygens (including phenoxy) is 4. The summed E-state index contributed by atoms with van der Waals surface area (Å²) in [6.45, 7) is 34.6. The largest absolute Gasteiger partial charge is 0.463 e. The number of hydrogen-bond donors (Lipinski definition) is 5. The Balaban J connectivity index is 0.000000262. The maximum absolute atomic E-state index is 10.3. The molecule has 7 N–H and O–H groups in total. The first-order chi connectivity index (χ1) is 36.7. The molecule has 6 heterocycles. The van der Waals surface area contributed by atoms with E-state index in [9.17, 15) is 15.3 Å². The van der Waals surface area contributed by atoms with Crippen molar-refractivity contribution in [3.8, 4) is 12.0 Å². The highest BCUT2D eigenvalue weighted by atomic mass is 35.5. The molecular formula is C54H82Cl2N10O10Si3. The van der Waals surface area contributed by atoms with E-state index in [1.807, 2.05) is 41.0 Å². The van der Waals surface area contributed by atoms with Crippen molar-refractivity contribution in [3.63, 3.8) is 0 Å². The van der Waals surface area contributed by atoms with Gasteiger partial charge in [0.05, 0.1) is 39.1 Å². The molecule has 0 unspecified atom stereocenters. The quantitative estimate of drug-likeness (QED) is 0.0501. The van der Waals surface area contributed by atoms with E-state index in [0.29, 0.717) is 59.4 Å². The Morgan fingerprint density at radius 3 is 1.38 bits per heavy atom. The molecule has 0 spiro atoms. The van der Waals surface area contributed by atoms with Gasteiger partial charge >= 0.3 is 12.0 Å². The van der Waals surface area contributed by atoms with Gasteiger partial charge in [-0.15, -0.1) is 0 Å². The third-order valence-electron chi connectivity index (χ3n) is 16.2. The molecule has 4 aromatic heterocycles. The van der Waals surface area contributed by atoms with E-state index in [-0.39, 0.29) is 56.6 Å². The summed E-state index contributed by atoms with van der Waals surface area (Å²) in [6.07, 6.45) is -1.85. The normalized spacial score (nSPS) is 22.4.